The van der Waals surface area contributed by atoms with Crippen molar-refractivity contribution in [2.75, 3.05) is 5.32 Å². The lowest BCUT2D eigenvalue weighted by Gasteiger charge is -2.14. The van der Waals surface area contributed by atoms with E-state index in [9.17, 15) is 27.2 Å². The fourth-order valence-corrected chi connectivity index (χ4v) is 1.45. The molecule has 0 spiro atoms. The molecule has 0 heterocycles. The van der Waals surface area contributed by atoms with Crippen LogP contribution in [0.5, 0.6) is 0 Å². The average molecular weight is 308 g/mol. The predicted octanol–water partition coefficient (Wildman–Crippen LogP) is 2.83. The molecule has 1 aromatic rings. The number of hydrogen-bond acceptors (Lipinski definition) is 2. The number of carboxylic acid groups (broad SMARTS) is 1. The lowest BCUT2D eigenvalue weighted by Crippen LogP contribution is -2.42. The Balaban J connectivity index is 2.87. The molecule has 21 heavy (non-hydrogen) atoms. The van der Waals surface area contributed by atoms with E-state index >= 15 is 0 Å². The lowest BCUT2D eigenvalue weighted by molar-refractivity contribution is -0.139. The zero-order valence-electron chi connectivity index (χ0n) is 10.8. The predicted molar refractivity (Wildman–Crippen MR) is 65.3 cm³/mol. The van der Waals surface area contributed by atoms with Crippen LogP contribution < -0.4 is 10.6 Å². The Hall–Kier alpha value is -2.32. The van der Waals surface area contributed by atoms with Crippen LogP contribution in [-0.2, 0) is 11.0 Å². The van der Waals surface area contributed by atoms with Gasteiger partial charge in [0.05, 0.1) is 11.3 Å². The fraction of sp³-hybridized carbons (Fsp3) is 0.333. The number of anilines is 1. The summed E-state index contributed by atoms with van der Waals surface area (Å²) in [5.41, 5.74) is -1.83. The van der Waals surface area contributed by atoms with Crippen molar-refractivity contribution in [3.63, 3.8) is 0 Å². The molecule has 1 unspecified atom stereocenters. The monoisotopic (exact) mass is 308 g/mol. The van der Waals surface area contributed by atoms with Crippen LogP contribution in [0.25, 0.3) is 0 Å². The third-order valence-electron chi connectivity index (χ3n) is 2.55. The quantitative estimate of drug-likeness (QED) is 0.748. The van der Waals surface area contributed by atoms with Gasteiger partial charge in [0.2, 0.25) is 0 Å². The smallest absolute Gasteiger partial charge is 0.416 e. The van der Waals surface area contributed by atoms with Gasteiger partial charge in [0.25, 0.3) is 0 Å². The summed E-state index contributed by atoms with van der Waals surface area (Å²) < 4.78 is 50.8. The summed E-state index contributed by atoms with van der Waals surface area (Å²) in [6.45, 7) is 1.49. The second-order valence-corrected chi connectivity index (χ2v) is 4.09. The number of urea groups is 1. The van der Waals surface area contributed by atoms with E-state index in [0.717, 1.165) is 0 Å². The molecule has 0 radical (unpaired) electrons. The number of aliphatic carboxylic acids is 1. The number of hydrogen-bond donors (Lipinski definition) is 3. The second kappa shape index (κ2) is 6.42. The van der Waals surface area contributed by atoms with E-state index in [0.29, 0.717) is 18.2 Å². The molecule has 0 saturated heterocycles. The van der Waals surface area contributed by atoms with Gasteiger partial charge in [0.15, 0.2) is 0 Å². The molecule has 9 heteroatoms. The van der Waals surface area contributed by atoms with E-state index in [1.54, 1.807) is 0 Å². The highest BCUT2D eigenvalue weighted by Gasteiger charge is 2.31. The summed E-state index contributed by atoms with van der Waals surface area (Å²) in [6, 6.07) is -0.810. The third kappa shape index (κ3) is 4.62. The van der Waals surface area contributed by atoms with Gasteiger partial charge in [0.1, 0.15) is 11.9 Å². The van der Waals surface area contributed by atoms with Crippen LogP contribution in [0, 0.1) is 5.82 Å². The maximum atomic E-state index is 13.4. The number of halogens is 4. The average Bonchev–Trinajstić information content (AvgIpc) is 2.36. The van der Waals surface area contributed by atoms with E-state index in [-0.39, 0.29) is 6.42 Å². The van der Waals surface area contributed by atoms with Crippen LogP contribution in [0.1, 0.15) is 18.9 Å². The molecule has 2 amide bonds. The summed E-state index contributed by atoms with van der Waals surface area (Å²) >= 11 is 0. The molecular formula is C12H12F4N2O3. The maximum Gasteiger partial charge on any atom is 0.416 e. The van der Waals surface area contributed by atoms with Crippen molar-refractivity contribution in [3.8, 4) is 0 Å². The maximum absolute atomic E-state index is 13.4. The van der Waals surface area contributed by atoms with E-state index in [2.05, 4.69) is 0 Å². The van der Waals surface area contributed by atoms with Gasteiger partial charge in [-0.15, -0.1) is 0 Å². The molecule has 3 N–H and O–H groups in total. The van der Waals surface area contributed by atoms with E-state index < -0.39 is 41.3 Å². The largest absolute Gasteiger partial charge is 0.480 e. The Labute approximate surface area is 117 Å². The van der Waals surface area contributed by atoms with Gasteiger partial charge in [0, 0.05) is 0 Å². The highest BCUT2D eigenvalue weighted by atomic mass is 19.4. The molecule has 0 aromatic heterocycles. The minimum absolute atomic E-state index is 0.0633. The van der Waals surface area contributed by atoms with Gasteiger partial charge in [-0.2, -0.15) is 13.2 Å². The normalized spacial score (nSPS) is 12.6. The fourth-order valence-electron chi connectivity index (χ4n) is 1.45. The van der Waals surface area contributed by atoms with Gasteiger partial charge in [-0.05, 0) is 24.6 Å². The van der Waals surface area contributed by atoms with Crippen molar-refractivity contribution in [1.82, 2.24) is 5.32 Å². The van der Waals surface area contributed by atoms with Crippen LogP contribution in [-0.4, -0.2) is 23.1 Å². The molecule has 0 fully saturated rings. The van der Waals surface area contributed by atoms with E-state index in [4.69, 9.17) is 5.11 Å². The number of amides is 2. The molecule has 1 rings (SSSR count). The molecule has 5 nitrogen and oxygen atoms in total. The van der Waals surface area contributed by atoms with Crippen molar-refractivity contribution in [2.45, 2.75) is 25.6 Å². The van der Waals surface area contributed by atoms with Crippen molar-refractivity contribution in [3.05, 3.63) is 29.6 Å². The highest BCUT2D eigenvalue weighted by Crippen LogP contribution is 2.31. The van der Waals surface area contributed by atoms with Crippen molar-refractivity contribution < 1.29 is 32.3 Å². The summed E-state index contributed by atoms with van der Waals surface area (Å²) in [4.78, 5) is 22.2. The Morgan fingerprint density at radius 1 is 1.33 bits per heavy atom. The molecule has 0 saturated carbocycles. The van der Waals surface area contributed by atoms with Gasteiger partial charge < -0.3 is 15.7 Å². The van der Waals surface area contributed by atoms with Crippen molar-refractivity contribution in [2.24, 2.45) is 0 Å². The Morgan fingerprint density at radius 2 is 1.95 bits per heavy atom. The van der Waals surface area contributed by atoms with E-state index in [1.165, 1.54) is 6.92 Å². The number of alkyl halides is 3. The molecule has 0 aliphatic heterocycles. The molecule has 1 atom stereocenters. The van der Waals surface area contributed by atoms with Gasteiger partial charge >= 0.3 is 18.2 Å². The molecular weight excluding hydrogens is 296 g/mol. The topological polar surface area (TPSA) is 78.4 Å². The molecule has 0 aliphatic carbocycles. The lowest BCUT2D eigenvalue weighted by atomic mass is 10.2. The minimum atomic E-state index is -4.69. The first kappa shape index (κ1) is 16.7. The summed E-state index contributed by atoms with van der Waals surface area (Å²) in [6.07, 6.45) is -4.62. The van der Waals surface area contributed by atoms with Crippen molar-refractivity contribution in [1.29, 1.82) is 0 Å². The third-order valence-corrected chi connectivity index (χ3v) is 2.55. The number of rotatable bonds is 4. The first-order valence-electron chi connectivity index (χ1n) is 5.82. The zero-order valence-corrected chi connectivity index (χ0v) is 10.8. The number of carbonyl (C=O) groups excluding carboxylic acids is 1. The van der Waals surface area contributed by atoms with Crippen LogP contribution >= 0.6 is 0 Å². The number of benzene rings is 1. The van der Waals surface area contributed by atoms with Crippen LogP contribution in [0.4, 0.5) is 28.0 Å². The van der Waals surface area contributed by atoms with Gasteiger partial charge in [-0.25, -0.2) is 14.0 Å². The Bertz CT molecular complexity index is 546. The standard InChI is InChI=1S/C12H12F4N2O3/c1-2-8(10(19)20)17-11(21)18-9-5-6(12(14,15)16)3-4-7(9)13/h3-5,8H,2H2,1H3,(H,19,20)(H2,17,18,21). The van der Waals surface area contributed by atoms with E-state index in [1.807, 2.05) is 10.6 Å². The van der Waals surface area contributed by atoms with Crippen molar-refractivity contribution >= 4 is 17.7 Å². The summed E-state index contributed by atoms with van der Waals surface area (Å²) in [7, 11) is 0. The summed E-state index contributed by atoms with van der Waals surface area (Å²) in [5.74, 6) is -2.38. The number of carboxylic acids is 1. The Morgan fingerprint density at radius 3 is 2.43 bits per heavy atom. The molecule has 116 valence electrons. The number of carbonyl (C=O) groups is 2. The molecule has 1 aromatic carbocycles. The second-order valence-electron chi connectivity index (χ2n) is 4.09. The summed E-state index contributed by atoms with van der Waals surface area (Å²) in [5, 5.41) is 12.6. The Kier molecular flexibility index (Phi) is 5.12. The SMILES string of the molecule is CCC(NC(=O)Nc1cc(C(F)(F)F)ccc1F)C(=O)O. The minimum Gasteiger partial charge on any atom is -0.480 e. The number of nitrogens with one attached hydrogen (secondary N) is 2. The zero-order chi connectivity index (χ0) is 16.2. The molecule has 0 aliphatic rings. The van der Waals surface area contributed by atoms with Crippen LogP contribution in [0.2, 0.25) is 0 Å². The first-order valence-corrected chi connectivity index (χ1v) is 5.82. The van der Waals surface area contributed by atoms with Crippen LogP contribution in [0.3, 0.4) is 0 Å². The van der Waals surface area contributed by atoms with Gasteiger partial charge in [-0.1, -0.05) is 6.92 Å². The van der Waals surface area contributed by atoms with Crippen LogP contribution in [0.15, 0.2) is 18.2 Å². The van der Waals surface area contributed by atoms with Gasteiger partial charge in [-0.3, -0.25) is 0 Å². The highest BCUT2D eigenvalue weighted by molar-refractivity contribution is 5.92. The molecule has 0 bridgehead atoms. The first-order chi connectivity index (χ1) is 9.65.